The molecule has 0 bridgehead atoms. The average molecular weight is 368 g/mol. The summed E-state index contributed by atoms with van der Waals surface area (Å²) in [6, 6.07) is 3.42. The van der Waals surface area contributed by atoms with Crippen molar-refractivity contribution in [3.8, 4) is 0 Å². The van der Waals surface area contributed by atoms with E-state index < -0.39 is 14.8 Å². The minimum atomic E-state index is -3.62. The molecule has 0 fully saturated rings. The number of hydrogen-bond donors (Lipinski definition) is 1. The summed E-state index contributed by atoms with van der Waals surface area (Å²) in [5.41, 5.74) is 6.58. The molecule has 0 saturated heterocycles. The molecule has 0 radical (unpaired) electrons. The molecule has 0 amide bonds. The molecule has 1 unspecified atom stereocenters. The van der Waals surface area contributed by atoms with E-state index in [2.05, 4.69) is 20.9 Å². The zero-order valence-electron chi connectivity index (χ0n) is 11.3. The smallest absolute Gasteiger partial charge is 0.249 e. The van der Waals surface area contributed by atoms with Crippen molar-refractivity contribution in [2.24, 2.45) is 0 Å². The zero-order chi connectivity index (χ0) is 15.3. The van der Waals surface area contributed by atoms with Crippen LogP contribution < -0.4 is 5.73 Å². The first kappa shape index (κ1) is 14.3. The van der Waals surface area contributed by atoms with Gasteiger partial charge >= 0.3 is 0 Å². The first-order valence-corrected chi connectivity index (χ1v) is 8.59. The van der Waals surface area contributed by atoms with Crippen molar-refractivity contribution in [3.63, 3.8) is 0 Å². The molecular formula is C14H14BrN3O2S. The van der Waals surface area contributed by atoms with Gasteiger partial charge in [-0.25, -0.2) is 17.4 Å². The molecule has 1 aliphatic rings. The number of hydrogen-bond acceptors (Lipinski definition) is 4. The van der Waals surface area contributed by atoms with Crippen molar-refractivity contribution < 1.29 is 8.42 Å². The van der Waals surface area contributed by atoms with Gasteiger partial charge in [0.25, 0.3) is 0 Å². The lowest BCUT2D eigenvalue weighted by Gasteiger charge is -2.27. The van der Waals surface area contributed by atoms with Gasteiger partial charge in [-0.05, 0) is 25.5 Å². The fourth-order valence-electron chi connectivity index (χ4n) is 2.32. The van der Waals surface area contributed by atoms with Crippen LogP contribution in [0.25, 0.3) is 11.0 Å². The van der Waals surface area contributed by atoms with E-state index in [1.807, 2.05) is 6.08 Å². The van der Waals surface area contributed by atoms with Crippen molar-refractivity contribution in [1.82, 2.24) is 8.96 Å². The number of nitrogens with two attached hydrogens (primary N) is 1. The van der Waals surface area contributed by atoms with E-state index in [9.17, 15) is 8.42 Å². The monoisotopic (exact) mass is 367 g/mol. The van der Waals surface area contributed by atoms with Crippen LogP contribution >= 0.6 is 15.9 Å². The number of rotatable bonds is 2. The van der Waals surface area contributed by atoms with Gasteiger partial charge in [-0.1, -0.05) is 34.2 Å². The van der Waals surface area contributed by atoms with Crippen molar-refractivity contribution in [2.45, 2.75) is 18.1 Å². The van der Waals surface area contributed by atoms with Gasteiger partial charge in [0, 0.05) is 16.1 Å². The molecule has 0 aromatic carbocycles. The summed E-state index contributed by atoms with van der Waals surface area (Å²) in [7, 11) is -3.62. The number of fused-ring (bicyclic) bond motifs is 1. The average Bonchev–Trinajstić information content (AvgIpc) is 2.85. The summed E-state index contributed by atoms with van der Waals surface area (Å²) >= 11 is 3.35. The Hall–Kier alpha value is -1.60. The van der Waals surface area contributed by atoms with Gasteiger partial charge in [0.15, 0.2) is 5.65 Å². The predicted octanol–water partition coefficient (Wildman–Crippen LogP) is 2.79. The number of nitrogens with zero attached hydrogens (tertiary/aromatic N) is 2. The van der Waals surface area contributed by atoms with E-state index in [-0.39, 0.29) is 0 Å². The molecule has 1 aliphatic carbocycles. The number of allylic oxidation sites excluding steroid dienone is 3. The molecule has 1 atom stereocenters. The minimum absolute atomic E-state index is 0.396. The highest BCUT2D eigenvalue weighted by atomic mass is 79.9. The largest absolute Gasteiger partial charge is 0.397 e. The molecule has 2 aromatic heterocycles. The van der Waals surface area contributed by atoms with Crippen LogP contribution in [0.1, 0.15) is 13.3 Å². The Bertz CT molecular complexity index is 883. The summed E-state index contributed by atoms with van der Waals surface area (Å²) in [6.07, 6.45) is 8.71. The van der Waals surface area contributed by atoms with Crippen LogP contribution in [-0.2, 0) is 10.0 Å². The highest BCUT2D eigenvalue weighted by Crippen LogP contribution is 2.33. The van der Waals surface area contributed by atoms with Crippen LogP contribution in [0, 0.1) is 0 Å². The topological polar surface area (TPSA) is 78.0 Å². The molecule has 0 saturated carbocycles. The number of anilines is 1. The minimum Gasteiger partial charge on any atom is -0.397 e. The standard InChI is InChI=1S/C14H14BrN3O2S/c1-14(5-2-11(15)3-6-14)21(19,20)18-7-4-10-8-12(16)9-17-13(10)18/h2-5,7-9H,6,16H2,1H3. The lowest BCUT2D eigenvalue weighted by Crippen LogP contribution is -2.38. The van der Waals surface area contributed by atoms with Crippen molar-refractivity contribution in [3.05, 3.63) is 47.2 Å². The highest BCUT2D eigenvalue weighted by Gasteiger charge is 2.39. The molecule has 0 spiro atoms. The van der Waals surface area contributed by atoms with Gasteiger partial charge in [0.05, 0.1) is 11.9 Å². The van der Waals surface area contributed by atoms with Gasteiger partial charge in [-0.3, -0.25) is 0 Å². The second-order valence-corrected chi connectivity index (χ2v) is 8.43. The first-order chi connectivity index (χ1) is 9.83. The van der Waals surface area contributed by atoms with Crippen LogP contribution in [0.15, 0.2) is 47.2 Å². The van der Waals surface area contributed by atoms with Crippen LogP contribution in [0.3, 0.4) is 0 Å². The molecule has 5 nitrogen and oxygen atoms in total. The van der Waals surface area contributed by atoms with Gasteiger partial charge in [0.2, 0.25) is 10.0 Å². The molecular weight excluding hydrogens is 354 g/mol. The van der Waals surface area contributed by atoms with Crippen molar-refractivity contribution in [2.75, 3.05) is 5.73 Å². The molecule has 7 heteroatoms. The SMILES string of the molecule is CC1(S(=O)(=O)n2ccc3cc(N)cnc32)C=CC(Br)=CC1. The maximum Gasteiger partial charge on any atom is 0.249 e. The van der Waals surface area contributed by atoms with E-state index in [0.29, 0.717) is 23.1 Å². The fourth-order valence-corrected chi connectivity index (χ4v) is 4.20. The molecule has 2 heterocycles. The van der Waals surface area contributed by atoms with Gasteiger partial charge in [-0.2, -0.15) is 0 Å². The van der Waals surface area contributed by atoms with Crippen molar-refractivity contribution in [1.29, 1.82) is 0 Å². The third kappa shape index (κ3) is 2.20. The predicted molar refractivity (Wildman–Crippen MR) is 87.6 cm³/mol. The summed E-state index contributed by atoms with van der Waals surface area (Å²) in [4.78, 5) is 4.16. The lowest BCUT2D eigenvalue weighted by atomic mass is 10.0. The van der Waals surface area contributed by atoms with E-state index in [4.69, 9.17) is 5.73 Å². The summed E-state index contributed by atoms with van der Waals surface area (Å²) < 4.78 is 27.1. The fraction of sp³-hybridized carbons (Fsp3) is 0.214. The molecule has 110 valence electrons. The van der Waals surface area contributed by atoms with Crippen molar-refractivity contribution >= 4 is 42.7 Å². The second kappa shape index (κ2) is 4.71. The van der Waals surface area contributed by atoms with E-state index in [1.54, 1.807) is 31.2 Å². The van der Waals surface area contributed by atoms with E-state index >= 15 is 0 Å². The number of halogens is 1. The number of aromatic nitrogens is 2. The summed E-state index contributed by atoms with van der Waals surface area (Å²) in [6.45, 7) is 1.71. The highest BCUT2D eigenvalue weighted by molar-refractivity contribution is 9.11. The maximum absolute atomic E-state index is 13.0. The Balaban J connectivity index is 2.15. The molecule has 0 aliphatic heterocycles. The molecule has 21 heavy (non-hydrogen) atoms. The second-order valence-electron chi connectivity index (χ2n) is 5.24. The third-order valence-electron chi connectivity index (χ3n) is 3.66. The van der Waals surface area contributed by atoms with Gasteiger partial charge < -0.3 is 5.73 Å². The normalized spacial score (nSPS) is 22.5. The third-order valence-corrected chi connectivity index (χ3v) is 6.54. The Kier molecular flexibility index (Phi) is 3.22. The zero-order valence-corrected chi connectivity index (χ0v) is 13.7. The van der Waals surface area contributed by atoms with E-state index in [0.717, 1.165) is 4.48 Å². The molecule has 2 aromatic rings. The Morgan fingerprint density at radius 2 is 2.24 bits per heavy atom. The number of nitrogen functional groups attached to an aromatic ring is 1. The quantitative estimate of drug-likeness (QED) is 0.884. The summed E-state index contributed by atoms with van der Waals surface area (Å²) in [5, 5.41) is 0.707. The van der Waals surface area contributed by atoms with Gasteiger partial charge in [-0.15, -0.1) is 0 Å². The van der Waals surface area contributed by atoms with Crippen LogP contribution in [0.5, 0.6) is 0 Å². The van der Waals surface area contributed by atoms with Crippen LogP contribution in [0.4, 0.5) is 5.69 Å². The first-order valence-electron chi connectivity index (χ1n) is 6.36. The summed E-state index contributed by atoms with van der Waals surface area (Å²) in [5.74, 6) is 0. The Labute approximate surface area is 131 Å². The van der Waals surface area contributed by atoms with Crippen LogP contribution in [0.2, 0.25) is 0 Å². The lowest BCUT2D eigenvalue weighted by molar-refractivity contribution is 0.554. The molecule has 3 rings (SSSR count). The van der Waals surface area contributed by atoms with E-state index in [1.165, 1.54) is 16.4 Å². The Morgan fingerprint density at radius 1 is 1.48 bits per heavy atom. The van der Waals surface area contributed by atoms with Crippen LogP contribution in [-0.4, -0.2) is 22.1 Å². The number of pyridine rings is 1. The maximum atomic E-state index is 13.0. The Morgan fingerprint density at radius 3 is 2.90 bits per heavy atom. The van der Waals surface area contributed by atoms with Gasteiger partial charge in [0.1, 0.15) is 4.75 Å². The molecule has 2 N–H and O–H groups in total.